The van der Waals surface area contributed by atoms with Crippen LogP contribution in [0.3, 0.4) is 0 Å². The number of sulfonamides is 1. The lowest BCUT2D eigenvalue weighted by Crippen LogP contribution is -2.54. The summed E-state index contributed by atoms with van der Waals surface area (Å²) >= 11 is 0. The Bertz CT molecular complexity index is 1790. The summed E-state index contributed by atoms with van der Waals surface area (Å²) in [7, 11) is -1.29. The fourth-order valence-electron chi connectivity index (χ4n) is 6.12. The van der Waals surface area contributed by atoms with Crippen LogP contribution in [0.15, 0.2) is 108 Å². The Kier molecular flexibility index (Phi) is 11.4. The molecule has 1 aliphatic carbocycles. The molecular formula is C38H43N3O6S. The molecule has 0 aromatic heterocycles. The van der Waals surface area contributed by atoms with Gasteiger partial charge in [-0.3, -0.25) is 13.9 Å². The number of hydrogen-bond donors (Lipinski definition) is 1. The zero-order valence-corrected chi connectivity index (χ0v) is 28.5. The number of benzene rings is 4. The van der Waals surface area contributed by atoms with Crippen LogP contribution in [0.25, 0.3) is 0 Å². The van der Waals surface area contributed by atoms with Gasteiger partial charge < -0.3 is 19.7 Å². The SMILES string of the molecule is COc1ccc(N(CC(=O)N(Cc2ccccc2C)C(Cc2ccccc2)C(=O)NC2CCCC2)S(=O)(=O)c2ccccc2)cc1OC. The lowest BCUT2D eigenvalue weighted by atomic mass is 10.0. The second-order valence-corrected chi connectivity index (χ2v) is 13.9. The first-order valence-corrected chi connectivity index (χ1v) is 17.6. The first kappa shape index (κ1) is 34.5. The minimum absolute atomic E-state index is 0.0258. The van der Waals surface area contributed by atoms with Gasteiger partial charge in [-0.25, -0.2) is 8.42 Å². The molecule has 1 atom stereocenters. The highest BCUT2D eigenvalue weighted by atomic mass is 32.2. The minimum atomic E-state index is -4.24. The standard InChI is InChI=1S/C38H43N3O6S/c1-28-14-10-11-17-30(28)26-40(34(24-29-15-6-4-7-16-29)38(43)39-31-18-12-13-19-31)37(42)27-41(48(44,45)33-20-8-5-9-21-33)32-22-23-35(46-2)36(25-32)47-3/h4-11,14-17,20-23,25,31,34H,12-13,18-19,24,26-27H2,1-3H3,(H,39,43). The van der Waals surface area contributed by atoms with Crippen LogP contribution < -0.4 is 19.1 Å². The van der Waals surface area contributed by atoms with E-state index < -0.39 is 28.5 Å². The normalized spacial score (nSPS) is 13.8. The molecule has 2 amide bonds. The zero-order chi connectivity index (χ0) is 34.1. The van der Waals surface area contributed by atoms with Gasteiger partial charge in [-0.1, -0.05) is 85.6 Å². The molecule has 0 heterocycles. The fraction of sp³-hybridized carbons (Fsp3) is 0.316. The lowest BCUT2D eigenvalue weighted by molar-refractivity contribution is -0.140. The van der Waals surface area contributed by atoms with Gasteiger partial charge >= 0.3 is 0 Å². The molecule has 10 heteroatoms. The summed E-state index contributed by atoms with van der Waals surface area (Å²) < 4.78 is 40.5. The van der Waals surface area contributed by atoms with E-state index in [0.717, 1.165) is 46.7 Å². The smallest absolute Gasteiger partial charge is 0.264 e. The molecule has 1 unspecified atom stereocenters. The Morgan fingerprint density at radius 2 is 1.46 bits per heavy atom. The van der Waals surface area contributed by atoms with E-state index in [1.165, 1.54) is 37.3 Å². The summed E-state index contributed by atoms with van der Waals surface area (Å²) in [6.07, 6.45) is 4.12. The van der Waals surface area contributed by atoms with Gasteiger partial charge in [0.25, 0.3) is 10.0 Å². The third kappa shape index (κ3) is 8.17. The van der Waals surface area contributed by atoms with Gasteiger partial charge in [0.15, 0.2) is 11.5 Å². The average Bonchev–Trinajstić information content (AvgIpc) is 3.62. The molecule has 252 valence electrons. The first-order valence-electron chi connectivity index (χ1n) is 16.2. The molecule has 1 saturated carbocycles. The van der Waals surface area contributed by atoms with Crippen LogP contribution in [0.1, 0.15) is 42.4 Å². The molecule has 0 saturated heterocycles. The van der Waals surface area contributed by atoms with Gasteiger partial charge in [0.05, 0.1) is 24.8 Å². The van der Waals surface area contributed by atoms with Crippen molar-refractivity contribution in [2.45, 2.75) is 62.6 Å². The topological polar surface area (TPSA) is 105 Å². The highest BCUT2D eigenvalue weighted by molar-refractivity contribution is 7.92. The van der Waals surface area contributed by atoms with Gasteiger partial charge in [0, 0.05) is 25.1 Å². The van der Waals surface area contributed by atoms with Crippen LogP contribution >= 0.6 is 0 Å². The number of nitrogens with one attached hydrogen (secondary N) is 1. The lowest BCUT2D eigenvalue weighted by Gasteiger charge is -2.34. The van der Waals surface area contributed by atoms with Gasteiger partial charge in [-0.2, -0.15) is 0 Å². The maximum atomic E-state index is 14.8. The van der Waals surface area contributed by atoms with Crippen molar-refractivity contribution in [3.05, 3.63) is 120 Å². The number of nitrogens with zero attached hydrogens (tertiary/aromatic N) is 2. The predicted octanol–water partition coefficient (Wildman–Crippen LogP) is 5.91. The molecule has 0 radical (unpaired) electrons. The van der Waals surface area contributed by atoms with Crippen LogP contribution in [0.4, 0.5) is 5.69 Å². The second-order valence-electron chi connectivity index (χ2n) is 12.0. The van der Waals surface area contributed by atoms with Gasteiger partial charge in [0.2, 0.25) is 11.8 Å². The molecule has 1 N–H and O–H groups in total. The zero-order valence-electron chi connectivity index (χ0n) is 27.7. The van der Waals surface area contributed by atoms with Crippen molar-refractivity contribution in [1.29, 1.82) is 0 Å². The van der Waals surface area contributed by atoms with Crippen LogP contribution in [0.5, 0.6) is 11.5 Å². The van der Waals surface area contributed by atoms with Crippen molar-refractivity contribution in [3.63, 3.8) is 0 Å². The molecule has 48 heavy (non-hydrogen) atoms. The van der Waals surface area contributed by atoms with E-state index in [2.05, 4.69) is 5.32 Å². The number of ether oxygens (including phenoxy) is 2. The molecule has 4 aromatic carbocycles. The van der Waals surface area contributed by atoms with E-state index in [0.29, 0.717) is 11.5 Å². The van der Waals surface area contributed by atoms with Crippen LogP contribution in [0.2, 0.25) is 0 Å². The van der Waals surface area contributed by atoms with Crippen molar-refractivity contribution in [3.8, 4) is 11.5 Å². The molecule has 9 nitrogen and oxygen atoms in total. The van der Waals surface area contributed by atoms with Crippen LogP contribution in [-0.2, 0) is 32.6 Å². The van der Waals surface area contributed by atoms with Crippen molar-refractivity contribution < 1.29 is 27.5 Å². The summed E-state index contributed by atoms with van der Waals surface area (Å²) in [4.78, 5) is 30.5. The Labute approximate surface area is 283 Å². The highest BCUT2D eigenvalue weighted by Crippen LogP contribution is 2.34. The third-order valence-corrected chi connectivity index (χ3v) is 10.6. The number of aryl methyl sites for hydroxylation is 1. The van der Waals surface area contributed by atoms with Gasteiger partial charge in [0.1, 0.15) is 12.6 Å². The Balaban J connectivity index is 1.59. The van der Waals surface area contributed by atoms with Crippen LogP contribution in [0, 0.1) is 6.92 Å². The Morgan fingerprint density at radius 1 is 0.833 bits per heavy atom. The third-order valence-electron chi connectivity index (χ3n) is 8.84. The van der Waals surface area contributed by atoms with E-state index in [-0.39, 0.29) is 35.5 Å². The molecule has 1 fully saturated rings. The Hall–Kier alpha value is -4.83. The maximum absolute atomic E-state index is 14.8. The van der Waals surface area contributed by atoms with Crippen molar-refractivity contribution in [2.75, 3.05) is 25.1 Å². The van der Waals surface area contributed by atoms with E-state index in [1.54, 1.807) is 30.3 Å². The molecule has 0 aliphatic heterocycles. The fourth-order valence-corrected chi connectivity index (χ4v) is 7.55. The highest BCUT2D eigenvalue weighted by Gasteiger charge is 2.36. The quantitative estimate of drug-likeness (QED) is 0.179. The molecule has 4 aromatic rings. The number of rotatable bonds is 14. The molecule has 5 rings (SSSR count). The predicted molar refractivity (Wildman–Crippen MR) is 187 cm³/mol. The first-order chi connectivity index (χ1) is 23.2. The van der Waals surface area contributed by atoms with Crippen LogP contribution in [-0.4, -0.2) is 58.0 Å². The Morgan fingerprint density at radius 3 is 2.10 bits per heavy atom. The number of anilines is 1. The van der Waals surface area contributed by atoms with Crippen molar-refractivity contribution >= 4 is 27.5 Å². The van der Waals surface area contributed by atoms with Gasteiger partial charge in [-0.15, -0.1) is 0 Å². The largest absolute Gasteiger partial charge is 0.493 e. The summed E-state index contributed by atoms with van der Waals surface area (Å²) in [5, 5.41) is 3.21. The summed E-state index contributed by atoms with van der Waals surface area (Å²) in [5.74, 6) is -0.0472. The average molecular weight is 670 g/mol. The minimum Gasteiger partial charge on any atom is -0.493 e. The molecule has 1 aliphatic rings. The van der Waals surface area contributed by atoms with Gasteiger partial charge in [-0.05, 0) is 60.7 Å². The van der Waals surface area contributed by atoms with Crippen molar-refractivity contribution in [2.24, 2.45) is 0 Å². The summed E-state index contributed by atoms with van der Waals surface area (Å²) in [6.45, 7) is 1.52. The summed E-state index contributed by atoms with van der Waals surface area (Å²) in [5.41, 5.74) is 2.93. The number of carbonyl (C=O) groups excluding carboxylic acids is 2. The number of methoxy groups -OCH3 is 2. The monoisotopic (exact) mass is 669 g/mol. The molecular weight excluding hydrogens is 627 g/mol. The van der Waals surface area contributed by atoms with E-state index in [4.69, 9.17) is 9.47 Å². The summed E-state index contributed by atoms with van der Waals surface area (Å²) in [6, 6.07) is 29.1. The molecule has 0 spiro atoms. The molecule has 0 bridgehead atoms. The number of carbonyl (C=O) groups is 2. The van der Waals surface area contributed by atoms with E-state index >= 15 is 0 Å². The van der Waals surface area contributed by atoms with E-state index in [9.17, 15) is 18.0 Å². The number of hydrogen-bond acceptors (Lipinski definition) is 6. The van der Waals surface area contributed by atoms with E-state index in [1.807, 2.05) is 61.5 Å². The second kappa shape index (κ2) is 15.8. The number of amides is 2. The van der Waals surface area contributed by atoms with Crippen molar-refractivity contribution in [1.82, 2.24) is 10.2 Å². The maximum Gasteiger partial charge on any atom is 0.264 e.